The molecule has 246 valence electrons. The van der Waals surface area contributed by atoms with E-state index in [2.05, 4.69) is 41.8 Å². The first-order valence-electron chi connectivity index (χ1n) is 16.0. The van der Waals surface area contributed by atoms with Gasteiger partial charge in [-0.15, -0.1) is 0 Å². The zero-order valence-corrected chi connectivity index (χ0v) is 28.9. The maximum atomic E-state index is 13.4. The van der Waals surface area contributed by atoms with E-state index in [1.165, 1.54) is 0 Å². The normalized spacial score (nSPS) is 19.0. The van der Waals surface area contributed by atoms with Crippen LogP contribution in [0.2, 0.25) is 0 Å². The molecule has 0 unspecified atom stereocenters. The molecule has 4 aliphatic rings. The molecule has 2 atom stereocenters. The number of halogens is 2. The minimum absolute atomic E-state index is 0.0647. The van der Waals surface area contributed by atoms with Gasteiger partial charge in [0.2, 0.25) is 0 Å². The Morgan fingerprint density at radius 1 is 0.708 bits per heavy atom. The number of fused-ring (bicyclic) bond motifs is 10. The van der Waals surface area contributed by atoms with E-state index >= 15 is 0 Å². The lowest BCUT2D eigenvalue weighted by Gasteiger charge is -2.23. The topological polar surface area (TPSA) is 129 Å². The summed E-state index contributed by atoms with van der Waals surface area (Å²) in [6, 6.07) is 10.5. The molecule has 12 nitrogen and oxygen atoms in total. The van der Waals surface area contributed by atoms with Crippen molar-refractivity contribution in [1.29, 1.82) is 0 Å². The first-order valence-corrected chi connectivity index (χ1v) is 17.6. The van der Waals surface area contributed by atoms with Crippen LogP contribution in [-0.2, 0) is 9.47 Å². The first kappa shape index (κ1) is 31.0. The van der Waals surface area contributed by atoms with Gasteiger partial charge in [-0.05, 0) is 74.9 Å². The third kappa shape index (κ3) is 5.07. The van der Waals surface area contributed by atoms with Gasteiger partial charge in [-0.3, -0.25) is 18.7 Å². The van der Waals surface area contributed by atoms with Gasteiger partial charge < -0.3 is 19.3 Å². The molecule has 0 spiro atoms. The molecule has 2 amide bonds. The van der Waals surface area contributed by atoms with Crippen LogP contribution in [0.3, 0.4) is 0 Å². The molecule has 2 aromatic heterocycles. The van der Waals surface area contributed by atoms with Gasteiger partial charge >= 0.3 is 11.9 Å². The molecule has 2 saturated heterocycles. The molecule has 0 aliphatic carbocycles. The summed E-state index contributed by atoms with van der Waals surface area (Å²) in [5, 5.41) is 0. The lowest BCUT2D eigenvalue weighted by atomic mass is 10.1. The van der Waals surface area contributed by atoms with E-state index < -0.39 is 11.9 Å². The third-order valence-electron chi connectivity index (χ3n) is 9.56. The number of carbonyl (C=O) groups excluding carboxylic acids is 4. The molecule has 6 heterocycles. The average Bonchev–Trinajstić information content (AvgIpc) is 3.89. The Labute approximate surface area is 292 Å². The van der Waals surface area contributed by atoms with E-state index in [9.17, 15) is 19.2 Å². The van der Waals surface area contributed by atoms with Gasteiger partial charge in [-0.25, -0.2) is 19.6 Å². The van der Waals surface area contributed by atoms with Crippen molar-refractivity contribution in [2.45, 2.75) is 50.6 Å². The van der Waals surface area contributed by atoms with E-state index in [0.29, 0.717) is 59.8 Å². The second-order valence-electron chi connectivity index (χ2n) is 12.3. The van der Waals surface area contributed by atoms with E-state index in [1.54, 1.807) is 24.8 Å². The van der Waals surface area contributed by atoms with Crippen LogP contribution in [0.5, 0.6) is 0 Å². The molecular formula is C34H30Br2N6O6. The Hall–Kier alpha value is -4.30. The van der Waals surface area contributed by atoms with E-state index in [4.69, 9.17) is 9.47 Å². The first-order chi connectivity index (χ1) is 23.3. The Kier molecular flexibility index (Phi) is 7.94. The van der Waals surface area contributed by atoms with E-state index in [0.717, 1.165) is 34.6 Å². The van der Waals surface area contributed by atoms with Crippen LogP contribution in [0, 0.1) is 0 Å². The summed E-state index contributed by atoms with van der Waals surface area (Å²) < 4.78 is 16.5. The fraction of sp³-hybridized carbons (Fsp3) is 0.353. The minimum Gasteiger partial charge on any atom is -0.461 e. The molecule has 0 saturated carbocycles. The van der Waals surface area contributed by atoms with Crippen LogP contribution in [0.1, 0.15) is 104 Å². The molecule has 0 N–H and O–H groups in total. The van der Waals surface area contributed by atoms with Crippen molar-refractivity contribution in [2.75, 3.05) is 26.3 Å². The monoisotopic (exact) mass is 776 g/mol. The third-order valence-corrected chi connectivity index (χ3v) is 10.5. The average molecular weight is 778 g/mol. The molecule has 4 aromatic rings. The van der Waals surface area contributed by atoms with Crippen LogP contribution in [0.4, 0.5) is 0 Å². The number of rotatable bonds is 7. The number of benzene rings is 2. The number of imidazole rings is 2. The second kappa shape index (κ2) is 12.3. The van der Waals surface area contributed by atoms with E-state index in [-0.39, 0.29) is 48.5 Å². The Morgan fingerprint density at radius 2 is 1.15 bits per heavy atom. The summed E-state index contributed by atoms with van der Waals surface area (Å²) in [6.45, 7) is 1.45. The maximum Gasteiger partial charge on any atom is 0.358 e. The SMILES string of the molecule is O=C(OCCCCOC(=O)c1ncn2c1[C@@H]1CCCN1C(=O)c1cc(Br)ccc1-2)c1ncn2c1[C@@H]1CCCN1C(=O)c1cc(Br)ccc1-2. The van der Waals surface area contributed by atoms with Crippen LogP contribution in [0.25, 0.3) is 11.4 Å². The fourth-order valence-electron chi connectivity index (χ4n) is 7.40. The number of amides is 2. The number of ether oxygens (including phenoxy) is 2. The minimum atomic E-state index is -0.552. The highest BCUT2D eigenvalue weighted by molar-refractivity contribution is 9.10. The van der Waals surface area contributed by atoms with Gasteiger partial charge in [-0.1, -0.05) is 31.9 Å². The largest absolute Gasteiger partial charge is 0.461 e. The molecule has 2 fully saturated rings. The predicted octanol–water partition coefficient (Wildman–Crippen LogP) is 5.96. The highest BCUT2D eigenvalue weighted by Gasteiger charge is 2.42. The Balaban J connectivity index is 0.912. The standard InChI is InChI=1S/C34H30Br2N6O6/c35-19-7-9-23-21(15-19)31(43)39-11-3-5-25(39)29-27(37-17-41(23)29)33(45)47-13-1-2-14-48-34(46)28-30-26-6-4-12-40(26)32(44)22-16-20(36)8-10-24(22)42(30)18-38-28/h7-10,15-18,25-26H,1-6,11-14H2/t25-,26-/m0/s1. The smallest absolute Gasteiger partial charge is 0.358 e. The summed E-state index contributed by atoms with van der Waals surface area (Å²) in [5.41, 5.74) is 4.21. The molecule has 8 rings (SSSR count). The quantitative estimate of drug-likeness (QED) is 0.166. The van der Waals surface area contributed by atoms with Crippen LogP contribution in [-0.4, -0.2) is 79.0 Å². The summed E-state index contributed by atoms with van der Waals surface area (Å²) in [4.78, 5) is 65.9. The number of hydrogen-bond acceptors (Lipinski definition) is 8. The number of aromatic nitrogens is 4. The molecule has 4 aliphatic heterocycles. The zero-order valence-electron chi connectivity index (χ0n) is 25.7. The predicted molar refractivity (Wildman–Crippen MR) is 178 cm³/mol. The van der Waals surface area contributed by atoms with Crippen molar-refractivity contribution in [3.8, 4) is 11.4 Å². The Morgan fingerprint density at radius 3 is 1.58 bits per heavy atom. The number of esters is 2. The zero-order chi connectivity index (χ0) is 33.1. The van der Waals surface area contributed by atoms with Crippen LogP contribution >= 0.6 is 31.9 Å². The maximum absolute atomic E-state index is 13.4. The molecule has 0 bridgehead atoms. The number of unbranched alkanes of at least 4 members (excludes halogenated alkanes) is 1. The number of hydrogen-bond donors (Lipinski definition) is 0. The lowest BCUT2D eigenvalue weighted by Crippen LogP contribution is -2.30. The Bertz CT molecular complexity index is 1860. The van der Waals surface area contributed by atoms with E-state index in [1.807, 2.05) is 43.2 Å². The van der Waals surface area contributed by atoms with Crippen molar-refractivity contribution in [3.63, 3.8) is 0 Å². The van der Waals surface area contributed by atoms with Gasteiger partial charge in [0.05, 0.1) is 59.2 Å². The molecule has 48 heavy (non-hydrogen) atoms. The summed E-state index contributed by atoms with van der Waals surface area (Å²) in [6.07, 6.45) is 7.24. The van der Waals surface area contributed by atoms with Crippen molar-refractivity contribution >= 4 is 55.6 Å². The van der Waals surface area contributed by atoms with Crippen LogP contribution in [0.15, 0.2) is 58.0 Å². The van der Waals surface area contributed by atoms with Crippen LogP contribution < -0.4 is 0 Å². The van der Waals surface area contributed by atoms with Gasteiger partial charge in [0.15, 0.2) is 11.4 Å². The summed E-state index contributed by atoms with van der Waals surface area (Å²) in [7, 11) is 0. The lowest BCUT2D eigenvalue weighted by molar-refractivity contribution is 0.0422. The van der Waals surface area contributed by atoms with Gasteiger partial charge in [0.1, 0.15) is 12.7 Å². The second-order valence-corrected chi connectivity index (χ2v) is 14.1. The molecule has 14 heteroatoms. The van der Waals surface area contributed by atoms with Gasteiger partial charge in [-0.2, -0.15) is 0 Å². The highest BCUT2D eigenvalue weighted by Crippen LogP contribution is 2.42. The van der Waals surface area contributed by atoms with Gasteiger partial charge in [0, 0.05) is 22.0 Å². The van der Waals surface area contributed by atoms with Crippen molar-refractivity contribution in [2.24, 2.45) is 0 Å². The summed E-state index contributed by atoms with van der Waals surface area (Å²) >= 11 is 6.94. The molecule has 0 radical (unpaired) electrons. The summed E-state index contributed by atoms with van der Waals surface area (Å²) in [5.74, 6) is -1.23. The van der Waals surface area contributed by atoms with Crippen molar-refractivity contribution < 1.29 is 28.7 Å². The number of carbonyl (C=O) groups is 4. The van der Waals surface area contributed by atoms with Crippen molar-refractivity contribution in [1.82, 2.24) is 28.9 Å². The van der Waals surface area contributed by atoms with Crippen molar-refractivity contribution in [3.05, 3.63) is 91.9 Å². The molecular weight excluding hydrogens is 748 g/mol. The highest BCUT2D eigenvalue weighted by atomic mass is 79.9. The fourth-order valence-corrected chi connectivity index (χ4v) is 8.12. The van der Waals surface area contributed by atoms with Gasteiger partial charge in [0.25, 0.3) is 11.8 Å². The number of nitrogens with zero attached hydrogens (tertiary/aromatic N) is 6. The molecule has 2 aromatic carbocycles.